The van der Waals surface area contributed by atoms with Crippen LogP contribution >= 0.6 is 57.9 Å². The van der Waals surface area contributed by atoms with E-state index in [4.69, 9.17) is 39.9 Å². The summed E-state index contributed by atoms with van der Waals surface area (Å²) in [5, 5.41) is 7.21. The number of halogens is 3. The summed E-state index contributed by atoms with van der Waals surface area (Å²) < 4.78 is 51.6. The Morgan fingerprint density at radius 2 is 1.71 bits per heavy atom. The van der Waals surface area contributed by atoms with Gasteiger partial charge in [-0.15, -0.1) is 11.3 Å². The zero-order chi connectivity index (χ0) is 22.6. The number of hydrogen-bond donors (Lipinski definition) is 2. The molecule has 1 atom stereocenters. The topological polar surface area (TPSA) is 110 Å². The van der Waals surface area contributed by atoms with Gasteiger partial charge in [0.05, 0.1) is 32.0 Å². The second-order valence-corrected chi connectivity index (χ2v) is 13.3. The highest BCUT2D eigenvalue weighted by atomic mass is 35.5. The number of fused-ring (bicyclic) bond motifs is 1. The molecule has 2 heterocycles. The van der Waals surface area contributed by atoms with Crippen molar-refractivity contribution in [2.45, 2.75) is 18.8 Å². The van der Waals surface area contributed by atoms with E-state index in [0.717, 1.165) is 11.3 Å². The maximum atomic E-state index is 12.8. The van der Waals surface area contributed by atoms with Crippen molar-refractivity contribution in [1.29, 1.82) is 0 Å². The molecule has 2 aromatic carbocycles. The van der Waals surface area contributed by atoms with Crippen molar-refractivity contribution in [2.24, 2.45) is 5.14 Å². The smallest absolute Gasteiger partial charge is 0.271 e. The van der Waals surface area contributed by atoms with Gasteiger partial charge >= 0.3 is 0 Å². The van der Waals surface area contributed by atoms with Crippen molar-refractivity contribution >= 4 is 95.0 Å². The number of primary sulfonamides is 1. The van der Waals surface area contributed by atoms with Crippen LogP contribution in [0.4, 0.5) is 17.1 Å². The third-order valence-corrected chi connectivity index (χ3v) is 10.1. The molecule has 0 saturated carbocycles. The van der Waals surface area contributed by atoms with Gasteiger partial charge in [0.2, 0.25) is 10.0 Å². The van der Waals surface area contributed by atoms with Crippen LogP contribution < -0.4 is 14.8 Å². The molecular weight excluding hydrogens is 545 g/mol. The average Bonchev–Trinajstić information content (AvgIpc) is 3.31. The first-order valence-corrected chi connectivity index (χ1v) is 14.3. The Hall–Kier alpha value is -1.18. The van der Waals surface area contributed by atoms with E-state index in [2.05, 4.69) is 4.72 Å². The first kappa shape index (κ1) is 23.0. The Kier molecular flexibility index (Phi) is 6.16. The standard InChI is InChI=1S/C17H12Cl3N3O4S4/c18-10-7-12(22-31(26,27)16-2-1-5-28-16)14(8-11(10)19)23-13-4-3-9(30(21,24)25)6-15(13)29-17(23)20/h1-8,17,22H,(H2,21,24,25). The SMILES string of the molecule is NS(=O)(=O)c1ccc2c(c1)SC(Cl)N2c1cc(Cl)c(Cl)cc1NS(=O)(=O)c1cccs1. The number of nitrogens with one attached hydrogen (secondary N) is 1. The molecule has 0 bridgehead atoms. The predicted molar refractivity (Wildman–Crippen MR) is 127 cm³/mol. The van der Waals surface area contributed by atoms with Crippen LogP contribution in [0.5, 0.6) is 0 Å². The molecule has 31 heavy (non-hydrogen) atoms. The fourth-order valence-electron chi connectivity index (χ4n) is 2.90. The van der Waals surface area contributed by atoms with E-state index in [1.54, 1.807) is 22.4 Å². The van der Waals surface area contributed by atoms with Gasteiger partial charge in [0.25, 0.3) is 10.0 Å². The Labute approximate surface area is 202 Å². The van der Waals surface area contributed by atoms with Crippen LogP contribution in [0, 0.1) is 0 Å². The van der Waals surface area contributed by atoms with Gasteiger partial charge in [0.15, 0.2) is 4.83 Å². The normalized spacial score (nSPS) is 16.4. The summed E-state index contributed by atoms with van der Waals surface area (Å²) in [7, 11) is -7.78. The Balaban J connectivity index is 1.83. The fraction of sp³-hybridized carbons (Fsp3) is 0.0588. The monoisotopic (exact) mass is 555 g/mol. The van der Waals surface area contributed by atoms with E-state index in [1.165, 1.54) is 42.1 Å². The highest BCUT2D eigenvalue weighted by molar-refractivity contribution is 8.01. The number of thioether (sulfide) groups is 1. The van der Waals surface area contributed by atoms with Crippen molar-refractivity contribution in [2.75, 3.05) is 9.62 Å². The molecule has 164 valence electrons. The molecule has 0 fully saturated rings. The van der Waals surface area contributed by atoms with Gasteiger partial charge in [0.1, 0.15) is 4.21 Å². The molecule has 1 aliphatic heterocycles. The van der Waals surface area contributed by atoms with Crippen LogP contribution in [0.25, 0.3) is 0 Å². The highest BCUT2D eigenvalue weighted by Gasteiger charge is 2.33. The first-order valence-electron chi connectivity index (χ1n) is 8.29. The number of alkyl halides is 1. The summed E-state index contributed by atoms with van der Waals surface area (Å²) in [6.07, 6.45) is 0. The number of nitrogens with two attached hydrogens (primary N) is 1. The van der Waals surface area contributed by atoms with Crippen LogP contribution in [0.2, 0.25) is 10.0 Å². The summed E-state index contributed by atoms with van der Waals surface area (Å²) in [6, 6.07) is 10.3. The molecular formula is C17H12Cl3N3O4S4. The molecule has 1 aromatic heterocycles. The van der Waals surface area contributed by atoms with Crippen LogP contribution in [-0.2, 0) is 20.0 Å². The van der Waals surface area contributed by atoms with E-state index in [1.807, 2.05) is 0 Å². The average molecular weight is 557 g/mol. The minimum absolute atomic E-state index is 0.0581. The van der Waals surface area contributed by atoms with Gasteiger partial charge in [-0.05, 0) is 41.8 Å². The second-order valence-electron chi connectivity index (χ2n) is 6.28. The molecule has 4 rings (SSSR count). The van der Waals surface area contributed by atoms with Crippen molar-refractivity contribution in [3.63, 3.8) is 0 Å². The number of benzene rings is 2. The number of rotatable bonds is 5. The lowest BCUT2D eigenvalue weighted by Crippen LogP contribution is -2.22. The van der Waals surface area contributed by atoms with E-state index in [-0.39, 0.29) is 24.8 Å². The predicted octanol–water partition coefficient (Wildman–Crippen LogP) is 5.27. The van der Waals surface area contributed by atoms with Gasteiger partial charge in [-0.1, -0.05) is 52.6 Å². The maximum Gasteiger partial charge on any atom is 0.271 e. The number of hydrogen-bond acceptors (Lipinski definition) is 7. The number of sulfonamides is 2. The van der Waals surface area contributed by atoms with E-state index >= 15 is 0 Å². The molecule has 1 unspecified atom stereocenters. The third kappa shape index (κ3) is 4.51. The zero-order valence-corrected chi connectivity index (χ0v) is 20.7. The van der Waals surface area contributed by atoms with E-state index < -0.39 is 24.9 Å². The van der Waals surface area contributed by atoms with E-state index in [0.29, 0.717) is 16.3 Å². The van der Waals surface area contributed by atoms with E-state index in [9.17, 15) is 16.8 Å². The van der Waals surface area contributed by atoms with Crippen LogP contribution in [0.3, 0.4) is 0 Å². The molecule has 0 saturated heterocycles. The van der Waals surface area contributed by atoms with Crippen molar-refractivity contribution in [3.8, 4) is 0 Å². The summed E-state index contributed by atoms with van der Waals surface area (Å²) in [6.45, 7) is 0. The fourth-order valence-corrected chi connectivity index (χ4v) is 7.42. The molecule has 3 N–H and O–H groups in total. The first-order chi connectivity index (χ1) is 14.5. The van der Waals surface area contributed by atoms with Crippen LogP contribution in [0.1, 0.15) is 0 Å². The summed E-state index contributed by atoms with van der Waals surface area (Å²) in [4.78, 5) is 1.41. The number of thiophene rings is 1. The van der Waals surface area contributed by atoms with Gasteiger partial charge in [0, 0.05) is 4.90 Å². The quantitative estimate of drug-likeness (QED) is 0.327. The lowest BCUT2D eigenvalue weighted by Gasteiger charge is -2.26. The highest BCUT2D eigenvalue weighted by Crippen LogP contribution is 2.52. The van der Waals surface area contributed by atoms with Crippen molar-refractivity contribution in [1.82, 2.24) is 0 Å². The summed E-state index contributed by atoms with van der Waals surface area (Å²) in [5.74, 6) is 0. The van der Waals surface area contributed by atoms with Gasteiger partial charge in [-0.25, -0.2) is 22.0 Å². The number of nitrogens with zero attached hydrogens (tertiary/aromatic N) is 1. The molecule has 7 nitrogen and oxygen atoms in total. The molecule has 3 aromatic rings. The minimum Gasteiger partial charge on any atom is -0.312 e. The molecule has 0 aliphatic carbocycles. The molecule has 0 radical (unpaired) electrons. The molecule has 14 heteroatoms. The maximum absolute atomic E-state index is 12.8. The second kappa shape index (κ2) is 8.31. The Morgan fingerprint density at radius 1 is 1.00 bits per heavy atom. The van der Waals surface area contributed by atoms with Crippen LogP contribution in [-0.4, -0.2) is 21.7 Å². The lowest BCUT2D eigenvalue weighted by molar-refractivity contribution is 0.597. The Morgan fingerprint density at radius 3 is 2.35 bits per heavy atom. The molecule has 0 spiro atoms. The largest absolute Gasteiger partial charge is 0.312 e. The summed E-state index contributed by atoms with van der Waals surface area (Å²) >= 11 is 21.1. The number of anilines is 3. The van der Waals surface area contributed by atoms with Crippen molar-refractivity contribution in [3.05, 3.63) is 57.9 Å². The van der Waals surface area contributed by atoms with Crippen molar-refractivity contribution < 1.29 is 16.8 Å². The molecule has 1 aliphatic rings. The van der Waals surface area contributed by atoms with Crippen LogP contribution in [0.15, 0.2) is 61.8 Å². The third-order valence-electron chi connectivity index (χ3n) is 4.25. The van der Waals surface area contributed by atoms with Gasteiger partial charge in [-0.3, -0.25) is 4.72 Å². The Bertz CT molecular complexity index is 1380. The van der Waals surface area contributed by atoms with Gasteiger partial charge in [-0.2, -0.15) is 0 Å². The minimum atomic E-state index is -3.90. The van der Waals surface area contributed by atoms with Gasteiger partial charge < -0.3 is 4.90 Å². The lowest BCUT2D eigenvalue weighted by atomic mass is 10.2. The molecule has 0 amide bonds. The zero-order valence-electron chi connectivity index (χ0n) is 15.1. The summed E-state index contributed by atoms with van der Waals surface area (Å²) in [5.41, 5.74) is 1.08.